The molecule has 1 aliphatic rings. The maximum atomic E-state index is 13.7. The second kappa shape index (κ2) is 4.61. The van der Waals surface area contributed by atoms with Gasteiger partial charge in [-0.1, -0.05) is 0 Å². The molecular weight excluding hydrogens is 211 g/mol. The molecule has 1 aromatic heterocycles. The molecule has 88 valence electrons. The molecule has 0 unspecified atom stereocenters. The first kappa shape index (κ1) is 9.77. The second-order valence-electron chi connectivity index (χ2n) is 3.74. The highest BCUT2D eigenvalue weighted by Crippen LogP contribution is 2.20. The van der Waals surface area contributed by atoms with Gasteiger partial charge in [0.2, 0.25) is 5.95 Å². The van der Waals surface area contributed by atoms with E-state index in [0.717, 1.165) is 0 Å². The third kappa shape index (κ3) is 2.21. The minimum absolute atomic E-state index is 0.175. The van der Waals surface area contributed by atoms with Crippen molar-refractivity contribution in [1.82, 2.24) is 9.97 Å². The maximum absolute atomic E-state index is 13.7. The minimum Gasteiger partial charge on any atom is -0.384 e. The van der Waals surface area contributed by atoms with Crippen molar-refractivity contribution in [1.29, 1.82) is 0 Å². The number of anilines is 2. The van der Waals surface area contributed by atoms with Gasteiger partial charge >= 0.3 is 0 Å². The summed E-state index contributed by atoms with van der Waals surface area (Å²) in [6.45, 7) is 0.780. The van der Waals surface area contributed by atoms with Crippen LogP contribution in [0.5, 0.6) is 0 Å². The van der Waals surface area contributed by atoms with Crippen LogP contribution in [0.15, 0.2) is 12.3 Å². The van der Waals surface area contributed by atoms with Crippen LogP contribution in [0.3, 0.4) is 0 Å². The monoisotopic (exact) mass is 227 g/mol. The number of alkyl halides is 1. The fourth-order valence-electron chi connectivity index (χ4n) is 1.77. The van der Waals surface area contributed by atoms with E-state index in [2.05, 4.69) is 9.97 Å². The Bertz CT molecular complexity index is 381. The zero-order valence-electron chi connectivity index (χ0n) is 9.84. The van der Waals surface area contributed by atoms with E-state index in [0.29, 0.717) is 24.7 Å². The van der Waals surface area contributed by atoms with Crippen molar-refractivity contribution in [3.63, 3.8) is 0 Å². The van der Waals surface area contributed by atoms with Gasteiger partial charge in [0.05, 0.1) is 14.0 Å². The molecule has 5 nitrogen and oxygen atoms in total. The number of nitrogens with two attached hydrogens (primary N) is 1. The highest BCUT2D eigenvalue weighted by molar-refractivity contribution is 5.38. The SMILES string of the molecule is [2H]CO[C@H]1CCN(c2nccc(N)n2)C[C@H]1F. The number of hydrogen-bond donors (Lipinski definition) is 1. The molecule has 0 aliphatic carbocycles. The normalized spacial score (nSPS) is 26.6. The number of nitrogen functional groups attached to an aromatic ring is 1. The van der Waals surface area contributed by atoms with Crippen LogP contribution < -0.4 is 10.6 Å². The van der Waals surface area contributed by atoms with Crippen LogP contribution in [-0.4, -0.2) is 42.4 Å². The van der Waals surface area contributed by atoms with Crippen molar-refractivity contribution in [3.8, 4) is 0 Å². The summed E-state index contributed by atoms with van der Waals surface area (Å²) in [6.07, 6.45) is 0.458. The van der Waals surface area contributed by atoms with Gasteiger partial charge in [0.1, 0.15) is 12.0 Å². The lowest BCUT2D eigenvalue weighted by Gasteiger charge is -2.33. The van der Waals surface area contributed by atoms with Crippen molar-refractivity contribution in [3.05, 3.63) is 12.3 Å². The molecule has 2 rings (SSSR count). The van der Waals surface area contributed by atoms with Crippen LogP contribution in [0.25, 0.3) is 0 Å². The number of ether oxygens (including phenoxy) is 1. The average Bonchev–Trinajstić information content (AvgIpc) is 2.32. The Morgan fingerprint density at radius 2 is 2.62 bits per heavy atom. The van der Waals surface area contributed by atoms with Crippen LogP contribution >= 0.6 is 0 Å². The quantitative estimate of drug-likeness (QED) is 0.802. The highest BCUT2D eigenvalue weighted by Gasteiger charge is 2.30. The first-order valence-electron chi connectivity index (χ1n) is 5.80. The molecule has 0 bridgehead atoms. The van der Waals surface area contributed by atoms with Gasteiger partial charge in [-0.05, 0) is 12.5 Å². The summed E-state index contributed by atoms with van der Waals surface area (Å²) in [4.78, 5) is 9.85. The number of methoxy groups -OCH3 is 1. The lowest BCUT2D eigenvalue weighted by Crippen LogP contribution is -2.46. The van der Waals surface area contributed by atoms with Crippen LogP contribution in [0.1, 0.15) is 7.79 Å². The van der Waals surface area contributed by atoms with Gasteiger partial charge < -0.3 is 15.4 Å². The standard InChI is InChI=1S/C10H15FN4O/c1-16-8-3-5-15(6-7(8)11)10-13-4-2-9(12)14-10/h2,4,7-8H,3,5-6H2,1H3,(H2,12,13,14)/t7-,8+/m1/s1/i1D. The molecule has 2 heterocycles. The van der Waals surface area contributed by atoms with Crippen molar-refractivity contribution in [2.75, 3.05) is 30.8 Å². The van der Waals surface area contributed by atoms with Gasteiger partial charge in [0.15, 0.2) is 0 Å². The van der Waals surface area contributed by atoms with Crippen LogP contribution in [0.4, 0.5) is 16.2 Å². The Balaban J connectivity index is 2.01. The molecule has 2 atom stereocenters. The topological polar surface area (TPSA) is 64.3 Å². The number of aromatic nitrogens is 2. The number of nitrogens with zero attached hydrogens (tertiary/aromatic N) is 3. The van der Waals surface area contributed by atoms with E-state index in [9.17, 15) is 4.39 Å². The molecular formula is C10H15FN4O. The van der Waals surface area contributed by atoms with E-state index in [4.69, 9.17) is 11.8 Å². The lowest BCUT2D eigenvalue weighted by atomic mass is 10.1. The number of rotatable bonds is 2. The van der Waals surface area contributed by atoms with E-state index < -0.39 is 12.3 Å². The summed E-state index contributed by atoms with van der Waals surface area (Å²) >= 11 is 0. The molecule has 1 saturated heterocycles. The Morgan fingerprint density at radius 1 is 1.75 bits per heavy atom. The summed E-state index contributed by atoms with van der Waals surface area (Å²) in [7, 11) is -0.208. The predicted molar refractivity (Wildman–Crippen MR) is 59.0 cm³/mol. The Labute approximate surface area is 94.8 Å². The van der Waals surface area contributed by atoms with Crippen LogP contribution in [-0.2, 0) is 4.74 Å². The molecule has 0 aromatic carbocycles. The summed E-state index contributed by atoms with van der Waals surface area (Å²) in [6, 6.07) is 1.59. The number of halogens is 1. The zero-order chi connectivity index (χ0) is 12.3. The molecule has 0 saturated carbocycles. The Hall–Kier alpha value is -1.43. The van der Waals surface area contributed by atoms with E-state index in [1.54, 1.807) is 17.2 Å². The van der Waals surface area contributed by atoms with Crippen molar-refractivity contribution in [2.45, 2.75) is 18.7 Å². The number of piperidine rings is 1. The first-order valence-corrected chi connectivity index (χ1v) is 5.09. The molecule has 1 aliphatic heterocycles. The third-order valence-electron chi connectivity index (χ3n) is 2.64. The van der Waals surface area contributed by atoms with Crippen molar-refractivity contribution < 1.29 is 10.5 Å². The molecule has 6 heteroatoms. The summed E-state index contributed by atoms with van der Waals surface area (Å²) in [5, 5.41) is 0. The summed E-state index contributed by atoms with van der Waals surface area (Å²) in [5.74, 6) is 0.812. The number of hydrogen-bond acceptors (Lipinski definition) is 5. The highest BCUT2D eigenvalue weighted by atomic mass is 19.1. The van der Waals surface area contributed by atoms with Crippen LogP contribution in [0, 0.1) is 0 Å². The minimum atomic E-state index is -1.13. The van der Waals surface area contributed by atoms with E-state index >= 15 is 0 Å². The molecule has 16 heavy (non-hydrogen) atoms. The average molecular weight is 227 g/mol. The molecule has 1 fully saturated rings. The predicted octanol–water partition coefficient (Wildman–Crippen LogP) is 0.622. The Kier molecular flexibility index (Phi) is 2.81. The van der Waals surface area contributed by atoms with Gasteiger partial charge in [0.25, 0.3) is 0 Å². The summed E-state index contributed by atoms with van der Waals surface area (Å²) in [5.41, 5.74) is 5.55. The van der Waals surface area contributed by atoms with Crippen LogP contribution in [0.2, 0.25) is 0 Å². The first-order chi connectivity index (χ1) is 8.20. The van der Waals surface area contributed by atoms with E-state index in [1.807, 2.05) is 0 Å². The zero-order valence-corrected chi connectivity index (χ0v) is 8.84. The lowest BCUT2D eigenvalue weighted by molar-refractivity contribution is 0.0194. The van der Waals surface area contributed by atoms with Gasteiger partial charge in [-0.3, -0.25) is 0 Å². The smallest absolute Gasteiger partial charge is 0.227 e. The third-order valence-corrected chi connectivity index (χ3v) is 2.64. The fraction of sp³-hybridized carbons (Fsp3) is 0.600. The van der Waals surface area contributed by atoms with Gasteiger partial charge in [0, 0.05) is 19.8 Å². The van der Waals surface area contributed by atoms with Gasteiger partial charge in [-0.25, -0.2) is 9.37 Å². The van der Waals surface area contributed by atoms with Crippen molar-refractivity contribution >= 4 is 11.8 Å². The van der Waals surface area contributed by atoms with Crippen molar-refractivity contribution in [2.24, 2.45) is 0 Å². The summed E-state index contributed by atoms with van der Waals surface area (Å²) < 4.78 is 25.7. The van der Waals surface area contributed by atoms with E-state index in [1.165, 1.54) is 0 Å². The molecule has 0 spiro atoms. The molecule has 0 radical (unpaired) electrons. The largest absolute Gasteiger partial charge is 0.384 e. The Morgan fingerprint density at radius 3 is 3.31 bits per heavy atom. The second-order valence-corrected chi connectivity index (χ2v) is 3.74. The van der Waals surface area contributed by atoms with Gasteiger partial charge in [-0.15, -0.1) is 0 Å². The maximum Gasteiger partial charge on any atom is 0.227 e. The fourth-order valence-corrected chi connectivity index (χ4v) is 1.77. The molecule has 2 N–H and O–H groups in total. The van der Waals surface area contributed by atoms with Gasteiger partial charge in [-0.2, -0.15) is 4.98 Å². The van der Waals surface area contributed by atoms with E-state index in [-0.39, 0.29) is 13.6 Å². The molecule has 1 aromatic rings. The molecule has 0 amide bonds.